The van der Waals surface area contributed by atoms with Crippen LogP contribution in [0.2, 0.25) is 0 Å². The molecule has 1 heterocycles. The average molecular weight is 534 g/mol. The molecule has 3 aromatic carbocycles. The van der Waals surface area contributed by atoms with Crippen molar-refractivity contribution in [1.29, 1.82) is 5.41 Å². The van der Waals surface area contributed by atoms with Gasteiger partial charge < -0.3 is 15.3 Å². The highest BCUT2D eigenvalue weighted by molar-refractivity contribution is 6.48. The van der Waals surface area contributed by atoms with Gasteiger partial charge in [-0.1, -0.05) is 67.8 Å². The number of amides is 1. The smallest absolute Gasteiger partial charge is 0.354 e. The summed E-state index contributed by atoms with van der Waals surface area (Å²) in [6.07, 6.45) is 13.5. The molecule has 3 N–H and O–H groups in total. The first kappa shape index (κ1) is 27.1. The van der Waals surface area contributed by atoms with Crippen LogP contribution in [0.1, 0.15) is 61.1 Å². The van der Waals surface area contributed by atoms with Crippen molar-refractivity contribution < 1.29 is 14.7 Å². The number of para-hydroxylation sites is 1. The summed E-state index contributed by atoms with van der Waals surface area (Å²) in [7, 11) is 0. The molecule has 204 valence electrons. The molecule has 6 nitrogen and oxygen atoms in total. The number of fused-ring (bicyclic) bond motifs is 1. The van der Waals surface area contributed by atoms with Gasteiger partial charge in [0.15, 0.2) is 5.71 Å². The summed E-state index contributed by atoms with van der Waals surface area (Å²) in [5.41, 5.74) is 5.66. The van der Waals surface area contributed by atoms with E-state index in [1.54, 1.807) is 30.3 Å². The lowest BCUT2D eigenvalue weighted by Crippen LogP contribution is -2.25. The maximum absolute atomic E-state index is 12.8. The summed E-state index contributed by atoms with van der Waals surface area (Å²) in [5, 5.41) is 19.9. The van der Waals surface area contributed by atoms with Crippen LogP contribution in [0.3, 0.4) is 0 Å². The number of aliphatic carboxylic acids is 1. The molecule has 0 saturated heterocycles. The van der Waals surface area contributed by atoms with Crippen LogP contribution in [0, 0.1) is 5.41 Å². The number of hydrogen-bond acceptors (Lipinski definition) is 4. The maximum Gasteiger partial charge on any atom is 0.354 e. The van der Waals surface area contributed by atoms with Crippen molar-refractivity contribution in [2.75, 3.05) is 16.8 Å². The monoisotopic (exact) mass is 533 g/mol. The molecule has 40 heavy (non-hydrogen) atoms. The van der Waals surface area contributed by atoms with Gasteiger partial charge in [-0.05, 0) is 90.8 Å². The van der Waals surface area contributed by atoms with Crippen LogP contribution in [0.5, 0.6) is 0 Å². The quantitative estimate of drug-likeness (QED) is 0.159. The Bertz CT molecular complexity index is 1440. The third kappa shape index (κ3) is 6.40. The predicted octanol–water partition coefficient (Wildman–Crippen LogP) is 7.50. The van der Waals surface area contributed by atoms with Crippen molar-refractivity contribution in [3.05, 3.63) is 107 Å². The SMILES string of the molecule is N=C(C(=O)O)/C(=C/C=C/c1ccc2c(c1)CCCN2c1ccc(C2CCCCC2)cc1)C(=O)Nc1ccccc1. The van der Waals surface area contributed by atoms with Gasteiger partial charge in [-0.3, -0.25) is 10.2 Å². The first-order chi connectivity index (χ1) is 19.5. The largest absolute Gasteiger partial charge is 0.477 e. The molecule has 0 bridgehead atoms. The first-order valence-corrected chi connectivity index (χ1v) is 14.1. The zero-order valence-corrected chi connectivity index (χ0v) is 22.6. The van der Waals surface area contributed by atoms with E-state index in [2.05, 4.69) is 46.6 Å². The number of anilines is 3. The van der Waals surface area contributed by atoms with E-state index in [1.807, 2.05) is 18.2 Å². The van der Waals surface area contributed by atoms with E-state index in [0.29, 0.717) is 11.6 Å². The van der Waals surface area contributed by atoms with Crippen LogP contribution in [0.4, 0.5) is 17.1 Å². The number of nitrogens with zero attached hydrogens (tertiary/aromatic N) is 1. The number of benzene rings is 3. The van der Waals surface area contributed by atoms with Gasteiger partial charge in [-0.15, -0.1) is 0 Å². The van der Waals surface area contributed by atoms with Gasteiger partial charge in [0.1, 0.15) is 0 Å². The van der Waals surface area contributed by atoms with Crippen LogP contribution in [-0.2, 0) is 16.0 Å². The fourth-order valence-electron chi connectivity index (χ4n) is 5.71. The van der Waals surface area contributed by atoms with Gasteiger partial charge >= 0.3 is 5.97 Å². The number of carboxylic acid groups (broad SMARTS) is 1. The highest BCUT2D eigenvalue weighted by Gasteiger charge is 2.21. The molecular formula is C34H35N3O3. The Morgan fingerprint density at radius 1 is 0.925 bits per heavy atom. The second-order valence-corrected chi connectivity index (χ2v) is 10.5. The number of carbonyl (C=O) groups is 2. The summed E-state index contributed by atoms with van der Waals surface area (Å²) >= 11 is 0. The molecule has 6 heteroatoms. The van der Waals surface area contributed by atoms with E-state index in [9.17, 15) is 14.7 Å². The number of hydrogen-bond donors (Lipinski definition) is 3. The Morgan fingerprint density at radius 3 is 2.40 bits per heavy atom. The van der Waals surface area contributed by atoms with Crippen molar-refractivity contribution >= 4 is 40.7 Å². The molecule has 3 aromatic rings. The van der Waals surface area contributed by atoms with E-state index in [1.165, 1.54) is 60.7 Å². The molecule has 1 aliphatic carbocycles. The van der Waals surface area contributed by atoms with Crippen LogP contribution in [-0.4, -0.2) is 29.2 Å². The van der Waals surface area contributed by atoms with Crippen LogP contribution in [0.15, 0.2) is 90.5 Å². The van der Waals surface area contributed by atoms with E-state index in [0.717, 1.165) is 24.9 Å². The van der Waals surface area contributed by atoms with Gasteiger partial charge in [0.05, 0.1) is 5.57 Å². The van der Waals surface area contributed by atoms with Crippen molar-refractivity contribution in [2.24, 2.45) is 0 Å². The molecule has 1 aliphatic heterocycles. The average Bonchev–Trinajstić information content (AvgIpc) is 2.99. The van der Waals surface area contributed by atoms with E-state index < -0.39 is 17.6 Å². The summed E-state index contributed by atoms with van der Waals surface area (Å²) in [5.74, 6) is -1.40. The first-order valence-electron chi connectivity index (χ1n) is 14.1. The minimum absolute atomic E-state index is 0.214. The summed E-state index contributed by atoms with van der Waals surface area (Å²) in [6, 6.07) is 24.2. The highest BCUT2D eigenvalue weighted by Crippen LogP contribution is 2.37. The van der Waals surface area contributed by atoms with Crippen molar-refractivity contribution in [3.63, 3.8) is 0 Å². The molecule has 0 atom stereocenters. The van der Waals surface area contributed by atoms with Crippen LogP contribution < -0.4 is 10.2 Å². The third-order valence-corrected chi connectivity index (χ3v) is 7.81. The highest BCUT2D eigenvalue weighted by atomic mass is 16.4. The minimum atomic E-state index is -1.46. The molecular weight excluding hydrogens is 498 g/mol. The zero-order valence-electron chi connectivity index (χ0n) is 22.6. The van der Waals surface area contributed by atoms with Crippen molar-refractivity contribution in [3.8, 4) is 0 Å². The second-order valence-electron chi connectivity index (χ2n) is 10.5. The van der Waals surface area contributed by atoms with Gasteiger partial charge in [0.2, 0.25) is 0 Å². The van der Waals surface area contributed by atoms with E-state index >= 15 is 0 Å². The number of carbonyl (C=O) groups excluding carboxylic acids is 1. The standard InChI is InChI=1S/C34H35N3O3/c35-32(34(39)40)30(33(38)36-28-13-5-2-6-14-28)15-7-9-24-16-21-31-27(23-24)12-8-22-37(31)29-19-17-26(18-20-29)25-10-3-1-4-11-25/h2,5-7,9,13-21,23,25,35H,1,3-4,8,10-12,22H2,(H,36,38)(H,39,40)/b9-7+,30-15-,35-32?. The molecule has 0 spiro atoms. The van der Waals surface area contributed by atoms with Crippen LogP contribution >= 0.6 is 0 Å². The van der Waals surface area contributed by atoms with E-state index in [-0.39, 0.29) is 5.57 Å². The molecule has 2 aliphatic rings. The molecule has 1 fully saturated rings. The maximum atomic E-state index is 12.8. The number of rotatable bonds is 8. The van der Waals surface area contributed by atoms with Gasteiger partial charge in [-0.25, -0.2) is 4.79 Å². The lowest BCUT2D eigenvalue weighted by atomic mass is 9.84. The minimum Gasteiger partial charge on any atom is -0.477 e. The Labute approximate surface area is 235 Å². The lowest BCUT2D eigenvalue weighted by Gasteiger charge is -2.32. The number of allylic oxidation sites excluding steroid dienone is 2. The molecule has 0 aromatic heterocycles. The lowest BCUT2D eigenvalue weighted by molar-refractivity contribution is -0.129. The summed E-state index contributed by atoms with van der Waals surface area (Å²) in [6.45, 7) is 0.977. The normalized spacial score (nSPS) is 16.0. The second kappa shape index (κ2) is 12.6. The summed E-state index contributed by atoms with van der Waals surface area (Å²) in [4.78, 5) is 26.6. The molecule has 0 radical (unpaired) electrons. The Hall–Kier alpha value is -4.45. The number of carboxylic acids is 1. The molecule has 0 unspecified atom stereocenters. The Morgan fingerprint density at radius 2 is 1.68 bits per heavy atom. The fraction of sp³-hybridized carbons (Fsp3) is 0.265. The Balaban J connectivity index is 1.32. The number of nitrogens with one attached hydrogen (secondary N) is 2. The molecule has 1 saturated carbocycles. The van der Waals surface area contributed by atoms with Gasteiger partial charge in [-0.2, -0.15) is 0 Å². The van der Waals surface area contributed by atoms with Crippen molar-refractivity contribution in [2.45, 2.75) is 50.9 Å². The van der Waals surface area contributed by atoms with Crippen molar-refractivity contribution in [1.82, 2.24) is 0 Å². The van der Waals surface area contributed by atoms with Gasteiger partial charge in [0.25, 0.3) is 5.91 Å². The molecule has 5 rings (SSSR count). The summed E-state index contributed by atoms with van der Waals surface area (Å²) < 4.78 is 0. The van der Waals surface area contributed by atoms with E-state index in [4.69, 9.17) is 5.41 Å². The number of aryl methyl sites for hydroxylation is 1. The molecule has 1 amide bonds. The topological polar surface area (TPSA) is 93.5 Å². The van der Waals surface area contributed by atoms with Gasteiger partial charge in [0, 0.05) is 23.6 Å². The fourth-order valence-corrected chi connectivity index (χ4v) is 5.71. The predicted molar refractivity (Wildman–Crippen MR) is 162 cm³/mol. The third-order valence-electron chi connectivity index (χ3n) is 7.81. The Kier molecular flexibility index (Phi) is 8.55. The van der Waals surface area contributed by atoms with Crippen LogP contribution in [0.25, 0.3) is 6.08 Å². The zero-order chi connectivity index (χ0) is 27.9.